The van der Waals surface area contributed by atoms with E-state index in [1.807, 2.05) is 6.92 Å². The molecule has 1 aromatic carbocycles. The minimum atomic E-state index is 0.432. The Morgan fingerprint density at radius 3 is 2.53 bits per heavy atom. The number of nitrogens with two attached hydrogens (primary N) is 1. The van der Waals surface area contributed by atoms with E-state index in [2.05, 4.69) is 49.7 Å². The van der Waals surface area contributed by atoms with Gasteiger partial charge in [-0.25, -0.2) is 4.98 Å². The summed E-state index contributed by atoms with van der Waals surface area (Å²) in [6.45, 7) is 11.9. The van der Waals surface area contributed by atoms with Crippen molar-refractivity contribution in [1.82, 2.24) is 4.98 Å². The highest BCUT2D eigenvalue weighted by Gasteiger charge is 2.16. The lowest BCUT2D eigenvalue weighted by molar-refractivity contribution is 0.572. The van der Waals surface area contributed by atoms with E-state index in [4.69, 9.17) is 5.73 Å². The van der Waals surface area contributed by atoms with Gasteiger partial charge in [0.15, 0.2) is 0 Å². The number of rotatable bonds is 4. The average Bonchev–Trinajstić information content (AvgIpc) is 2.63. The normalized spacial score (nSPS) is 11.7. The first-order chi connectivity index (χ1) is 8.88. The van der Waals surface area contributed by atoms with E-state index in [0.29, 0.717) is 12.0 Å². The van der Waals surface area contributed by atoms with E-state index < -0.39 is 0 Å². The lowest BCUT2D eigenvalue weighted by Gasteiger charge is -2.31. The predicted octanol–water partition coefficient (Wildman–Crippen LogP) is 4.06. The zero-order chi connectivity index (χ0) is 14.2. The minimum Gasteiger partial charge on any atom is -0.397 e. The molecule has 0 saturated heterocycles. The van der Waals surface area contributed by atoms with Crippen LogP contribution in [0, 0.1) is 12.8 Å². The van der Waals surface area contributed by atoms with Gasteiger partial charge in [0.1, 0.15) is 0 Å². The molecule has 1 aromatic heterocycles. The first kappa shape index (κ1) is 14.1. The summed E-state index contributed by atoms with van der Waals surface area (Å²) in [6.07, 6.45) is 0. The van der Waals surface area contributed by atoms with Crippen molar-refractivity contribution in [2.24, 2.45) is 5.92 Å². The number of aromatic nitrogens is 1. The second-order valence-electron chi connectivity index (χ2n) is 5.75. The summed E-state index contributed by atoms with van der Waals surface area (Å²) < 4.78 is 1.17. The van der Waals surface area contributed by atoms with Crippen molar-refractivity contribution in [2.45, 2.75) is 40.7 Å². The molecule has 19 heavy (non-hydrogen) atoms. The van der Waals surface area contributed by atoms with Crippen LogP contribution in [0.5, 0.6) is 0 Å². The van der Waals surface area contributed by atoms with Crippen LogP contribution in [0.4, 0.5) is 11.4 Å². The maximum absolute atomic E-state index is 6.25. The van der Waals surface area contributed by atoms with Gasteiger partial charge in [-0.1, -0.05) is 13.8 Å². The minimum absolute atomic E-state index is 0.432. The Morgan fingerprint density at radius 1 is 1.26 bits per heavy atom. The fraction of sp³-hybridized carbons (Fsp3) is 0.533. The molecule has 0 radical (unpaired) electrons. The zero-order valence-electron chi connectivity index (χ0n) is 12.4. The van der Waals surface area contributed by atoms with Gasteiger partial charge in [0.2, 0.25) is 0 Å². The van der Waals surface area contributed by atoms with Crippen LogP contribution in [0.1, 0.15) is 32.7 Å². The second-order valence-corrected chi connectivity index (χ2v) is 6.99. The van der Waals surface area contributed by atoms with Gasteiger partial charge >= 0.3 is 0 Å². The number of thiazole rings is 1. The number of anilines is 2. The Kier molecular flexibility index (Phi) is 3.99. The molecule has 2 rings (SSSR count). The first-order valence-electron chi connectivity index (χ1n) is 6.81. The lowest BCUT2D eigenvalue weighted by Crippen LogP contribution is -2.34. The Labute approximate surface area is 119 Å². The number of aryl methyl sites for hydroxylation is 1. The summed E-state index contributed by atoms with van der Waals surface area (Å²) in [5.74, 6) is 0.606. The van der Waals surface area contributed by atoms with Crippen LogP contribution >= 0.6 is 11.3 Å². The zero-order valence-corrected chi connectivity index (χ0v) is 13.2. The number of hydrogen-bond acceptors (Lipinski definition) is 4. The molecule has 2 aromatic rings. The van der Waals surface area contributed by atoms with E-state index in [0.717, 1.165) is 28.4 Å². The molecule has 0 unspecified atom stereocenters. The summed E-state index contributed by atoms with van der Waals surface area (Å²) in [5, 5.41) is 1.09. The van der Waals surface area contributed by atoms with Crippen molar-refractivity contribution >= 4 is 32.9 Å². The van der Waals surface area contributed by atoms with Crippen LogP contribution in [-0.4, -0.2) is 17.6 Å². The van der Waals surface area contributed by atoms with E-state index in [1.54, 1.807) is 11.3 Å². The molecule has 0 aliphatic heterocycles. The SMILES string of the molecule is Cc1nc2cc(N(CC(C)C)C(C)C)c(N)cc2s1. The molecule has 0 atom stereocenters. The predicted molar refractivity (Wildman–Crippen MR) is 86.1 cm³/mol. The molecule has 0 bridgehead atoms. The molecule has 4 heteroatoms. The van der Waals surface area contributed by atoms with Crippen LogP contribution in [0.3, 0.4) is 0 Å². The third-order valence-electron chi connectivity index (χ3n) is 3.14. The van der Waals surface area contributed by atoms with Crippen molar-refractivity contribution in [2.75, 3.05) is 17.2 Å². The molecule has 3 nitrogen and oxygen atoms in total. The molecular formula is C15H23N3S. The van der Waals surface area contributed by atoms with E-state index >= 15 is 0 Å². The van der Waals surface area contributed by atoms with Gasteiger partial charge in [-0.05, 0) is 38.8 Å². The summed E-state index contributed by atoms with van der Waals surface area (Å²) in [7, 11) is 0. The van der Waals surface area contributed by atoms with Crippen molar-refractivity contribution < 1.29 is 0 Å². The second kappa shape index (κ2) is 5.37. The van der Waals surface area contributed by atoms with Gasteiger partial charge in [0.25, 0.3) is 0 Å². The van der Waals surface area contributed by atoms with Crippen LogP contribution in [-0.2, 0) is 0 Å². The highest BCUT2D eigenvalue weighted by molar-refractivity contribution is 7.18. The Bertz CT molecular complexity index is 572. The maximum atomic E-state index is 6.25. The largest absolute Gasteiger partial charge is 0.397 e. The Hall–Kier alpha value is -1.29. The fourth-order valence-corrected chi connectivity index (χ4v) is 3.18. The number of nitrogen functional groups attached to an aromatic ring is 1. The molecule has 2 N–H and O–H groups in total. The third-order valence-corrected chi connectivity index (χ3v) is 4.07. The first-order valence-corrected chi connectivity index (χ1v) is 7.63. The quantitative estimate of drug-likeness (QED) is 0.857. The molecular weight excluding hydrogens is 254 g/mol. The van der Waals surface area contributed by atoms with Crippen molar-refractivity contribution in [3.63, 3.8) is 0 Å². The average molecular weight is 277 g/mol. The van der Waals surface area contributed by atoms with Gasteiger partial charge in [0.05, 0.1) is 26.6 Å². The van der Waals surface area contributed by atoms with E-state index in [1.165, 1.54) is 4.70 Å². The smallest absolute Gasteiger partial charge is 0.0907 e. The van der Waals surface area contributed by atoms with Gasteiger partial charge in [-0.15, -0.1) is 11.3 Å². The summed E-state index contributed by atoms with van der Waals surface area (Å²) in [5.41, 5.74) is 9.27. The van der Waals surface area contributed by atoms with Crippen molar-refractivity contribution in [3.05, 3.63) is 17.1 Å². The van der Waals surface area contributed by atoms with Gasteiger partial charge < -0.3 is 10.6 Å². The Balaban J connectivity index is 2.48. The standard InChI is InChI=1S/C15H23N3S/c1-9(2)8-18(10(3)4)14-7-13-15(6-12(14)16)19-11(5)17-13/h6-7,9-10H,8,16H2,1-5H3. The van der Waals surface area contributed by atoms with Crippen LogP contribution in [0.2, 0.25) is 0 Å². The van der Waals surface area contributed by atoms with Crippen LogP contribution in [0.25, 0.3) is 10.2 Å². The lowest BCUT2D eigenvalue weighted by atomic mass is 10.1. The topological polar surface area (TPSA) is 42.2 Å². The molecule has 104 valence electrons. The van der Waals surface area contributed by atoms with Gasteiger partial charge in [-0.2, -0.15) is 0 Å². The summed E-state index contributed by atoms with van der Waals surface area (Å²) in [4.78, 5) is 6.94. The third kappa shape index (κ3) is 3.00. The molecule has 0 aliphatic rings. The van der Waals surface area contributed by atoms with Crippen molar-refractivity contribution in [1.29, 1.82) is 0 Å². The molecule has 0 spiro atoms. The molecule has 0 amide bonds. The van der Waals surface area contributed by atoms with Gasteiger partial charge in [-0.3, -0.25) is 0 Å². The number of fused-ring (bicyclic) bond motifs is 1. The van der Waals surface area contributed by atoms with E-state index in [-0.39, 0.29) is 0 Å². The highest BCUT2D eigenvalue weighted by Crippen LogP contribution is 2.33. The number of hydrogen-bond donors (Lipinski definition) is 1. The Morgan fingerprint density at radius 2 is 1.95 bits per heavy atom. The highest BCUT2D eigenvalue weighted by atomic mass is 32.1. The monoisotopic (exact) mass is 277 g/mol. The fourth-order valence-electron chi connectivity index (χ4n) is 2.32. The molecule has 0 aliphatic carbocycles. The molecule has 0 fully saturated rings. The van der Waals surface area contributed by atoms with Crippen LogP contribution in [0.15, 0.2) is 12.1 Å². The van der Waals surface area contributed by atoms with Crippen molar-refractivity contribution in [3.8, 4) is 0 Å². The van der Waals surface area contributed by atoms with Crippen LogP contribution < -0.4 is 10.6 Å². The van der Waals surface area contributed by atoms with E-state index in [9.17, 15) is 0 Å². The molecule has 1 heterocycles. The van der Waals surface area contributed by atoms with Gasteiger partial charge in [0, 0.05) is 12.6 Å². The maximum Gasteiger partial charge on any atom is 0.0907 e. The number of nitrogens with zero attached hydrogens (tertiary/aromatic N) is 2. The molecule has 0 saturated carbocycles. The summed E-state index contributed by atoms with van der Waals surface area (Å²) in [6, 6.07) is 4.63. The summed E-state index contributed by atoms with van der Waals surface area (Å²) >= 11 is 1.70. The number of benzene rings is 1.